The molecule has 2 aromatic carbocycles. The lowest BCUT2D eigenvalue weighted by Crippen LogP contribution is -2.51. The van der Waals surface area contributed by atoms with Crippen molar-refractivity contribution in [3.8, 4) is 11.5 Å². The van der Waals surface area contributed by atoms with E-state index in [0.717, 1.165) is 5.56 Å². The predicted octanol–water partition coefficient (Wildman–Crippen LogP) is 2.75. The van der Waals surface area contributed by atoms with Crippen LogP contribution in [-0.4, -0.2) is 24.5 Å². The van der Waals surface area contributed by atoms with Crippen molar-refractivity contribution in [3.63, 3.8) is 0 Å². The molecule has 0 aliphatic carbocycles. The van der Waals surface area contributed by atoms with Crippen LogP contribution in [0.5, 0.6) is 11.5 Å². The largest absolute Gasteiger partial charge is 0.454 e. The normalized spacial score (nSPS) is 20.6. The van der Waals surface area contributed by atoms with Crippen molar-refractivity contribution in [2.24, 2.45) is 0 Å². The summed E-state index contributed by atoms with van der Waals surface area (Å²) in [5, 5.41) is 5.28. The summed E-state index contributed by atoms with van der Waals surface area (Å²) in [5.41, 5.74) is 1.20. The second kappa shape index (κ2) is 6.99. The number of ether oxygens (including phenoxy) is 2. The lowest BCUT2D eigenvalue weighted by molar-refractivity contribution is -0.138. The van der Waals surface area contributed by atoms with Crippen molar-refractivity contribution in [1.29, 1.82) is 0 Å². The van der Waals surface area contributed by atoms with Crippen LogP contribution in [0.4, 0.5) is 5.69 Å². The minimum Gasteiger partial charge on any atom is -0.454 e. The third kappa shape index (κ3) is 3.09. The van der Waals surface area contributed by atoms with Gasteiger partial charge in [0.1, 0.15) is 0 Å². The third-order valence-corrected chi connectivity index (χ3v) is 5.40. The van der Waals surface area contributed by atoms with Crippen LogP contribution >= 0.6 is 0 Å². The van der Waals surface area contributed by atoms with Crippen LogP contribution in [-0.2, 0) is 15.0 Å². The zero-order valence-electron chi connectivity index (χ0n) is 15.4. The van der Waals surface area contributed by atoms with Crippen molar-refractivity contribution in [2.45, 2.75) is 31.6 Å². The number of hydrogen-bond acceptors (Lipinski definition) is 5. The van der Waals surface area contributed by atoms with Crippen LogP contribution < -0.4 is 20.1 Å². The molecular formula is C21H20N2O5. The van der Waals surface area contributed by atoms with E-state index in [4.69, 9.17) is 9.47 Å². The maximum Gasteiger partial charge on any atom is 0.255 e. The fourth-order valence-electron chi connectivity index (χ4n) is 3.68. The first kappa shape index (κ1) is 18.0. The molecule has 0 saturated carbocycles. The molecule has 2 aromatic rings. The van der Waals surface area contributed by atoms with Crippen molar-refractivity contribution in [3.05, 3.63) is 53.6 Å². The summed E-state index contributed by atoms with van der Waals surface area (Å²) >= 11 is 0. The minimum atomic E-state index is -0.715. The van der Waals surface area contributed by atoms with Gasteiger partial charge >= 0.3 is 0 Å². The maximum absolute atomic E-state index is 12.5. The van der Waals surface area contributed by atoms with Gasteiger partial charge in [-0.3, -0.25) is 19.7 Å². The summed E-state index contributed by atoms with van der Waals surface area (Å²) in [5.74, 6) is 0.406. The number of carbonyl (C=O) groups excluding carboxylic acids is 3. The van der Waals surface area contributed by atoms with Gasteiger partial charge in [-0.05, 0) is 48.7 Å². The molecule has 2 heterocycles. The molecule has 2 N–H and O–H groups in total. The van der Waals surface area contributed by atoms with E-state index < -0.39 is 5.41 Å². The molecule has 7 heteroatoms. The fraction of sp³-hybridized carbons (Fsp3) is 0.286. The van der Waals surface area contributed by atoms with Crippen LogP contribution in [0.25, 0.3) is 0 Å². The van der Waals surface area contributed by atoms with Gasteiger partial charge in [-0.1, -0.05) is 19.1 Å². The average molecular weight is 380 g/mol. The van der Waals surface area contributed by atoms with Crippen molar-refractivity contribution in [2.75, 3.05) is 12.1 Å². The Morgan fingerprint density at radius 2 is 1.86 bits per heavy atom. The Labute approximate surface area is 162 Å². The predicted molar refractivity (Wildman–Crippen MR) is 101 cm³/mol. The van der Waals surface area contributed by atoms with Gasteiger partial charge in [0.15, 0.2) is 11.5 Å². The molecular weight excluding hydrogens is 360 g/mol. The van der Waals surface area contributed by atoms with Gasteiger partial charge in [-0.2, -0.15) is 0 Å². The van der Waals surface area contributed by atoms with Crippen molar-refractivity contribution in [1.82, 2.24) is 5.32 Å². The summed E-state index contributed by atoms with van der Waals surface area (Å²) in [6, 6.07) is 12.2. The molecule has 1 atom stereocenters. The molecule has 0 bridgehead atoms. The number of fused-ring (bicyclic) bond motifs is 1. The van der Waals surface area contributed by atoms with Crippen LogP contribution in [0, 0.1) is 0 Å². The SMILES string of the molecule is CCC1(c2ccc(NC(=O)c3ccc4c(c3)OCO4)cc2)CCC(=O)NC1=O. The van der Waals surface area contributed by atoms with Gasteiger partial charge < -0.3 is 14.8 Å². The molecule has 0 radical (unpaired) electrons. The summed E-state index contributed by atoms with van der Waals surface area (Å²) < 4.78 is 10.5. The first-order valence-corrected chi connectivity index (χ1v) is 9.18. The van der Waals surface area contributed by atoms with Gasteiger partial charge in [0.05, 0.1) is 5.41 Å². The lowest BCUT2D eigenvalue weighted by Gasteiger charge is -2.35. The zero-order valence-corrected chi connectivity index (χ0v) is 15.4. The van der Waals surface area contributed by atoms with E-state index in [1.165, 1.54) is 0 Å². The highest BCUT2D eigenvalue weighted by molar-refractivity contribution is 6.05. The molecule has 1 unspecified atom stereocenters. The average Bonchev–Trinajstić information content (AvgIpc) is 3.17. The smallest absolute Gasteiger partial charge is 0.255 e. The van der Waals surface area contributed by atoms with Gasteiger partial charge in [-0.25, -0.2) is 0 Å². The molecule has 4 rings (SSSR count). The fourth-order valence-corrected chi connectivity index (χ4v) is 3.68. The first-order valence-electron chi connectivity index (χ1n) is 9.18. The Bertz CT molecular complexity index is 954. The van der Waals surface area contributed by atoms with E-state index in [1.54, 1.807) is 30.3 Å². The molecule has 2 aliphatic heterocycles. The van der Waals surface area contributed by atoms with Crippen molar-refractivity contribution < 1.29 is 23.9 Å². The molecule has 7 nitrogen and oxygen atoms in total. The summed E-state index contributed by atoms with van der Waals surface area (Å²) in [7, 11) is 0. The molecule has 3 amide bonds. The number of benzene rings is 2. The van der Waals surface area contributed by atoms with E-state index in [2.05, 4.69) is 10.6 Å². The van der Waals surface area contributed by atoms with E-state index in [-0.39, 0.29) is 24.5 Å². The molecule has 28 heavy (non-hydrogen) atoms. The number of anilines is 1. The number of piperidine rings is 1. The second-order valence-corrected chi connectivity index (χ2v) is 6.91. The molecule has 0 spiro atoms. The first-order chi connectivity index (χ1) is 13.5. The summed E-state index contributed by atoms with van der Waals surface area (Å²) in [4.78, 5) is 36.5. The Morgan fingerprint density at radius 3 is 2.57 bits per heavy atom. The van der Waals surface area contributed by atoms with Crippen LogP contribution in [0.1, 0.15) is 42.1 Å². The summed E-state index contributed by atoms with van der Waals surface area (Å²) in [6.07, 6.45) is 1.40. The monoisotopic (exact) mass is 380 g/mol. The number of carbonyl (C=O) groups is 3. The van der Waals surface area contributed by atoms with E-state index in [9.17, 15) is 14.4 Å². The Kier molecular flexibility index (Phi) is 4.50. The maximum atomic E-state index is 12.5. The Hall–Kier alpha value is -3.35. The number of hydrogen-bond donors (Lipinski definition) is 2. The standard InChI is InChI=1S/C21H20N2O5/c1-2-21(10-9-18(24)23-20(21)26)14-4-6-15(7-5-14)22-19(25)13-3-8-16-17(11-13)28-12-27-16/h3-8,11H,2,9-10,12H2,1H3,(H,22,25)(H,23,24,26). The highest BCUT2D eigenvalue weighted by Gasteiger charge is 2.42. The van der Waals surface area contributed by atoms with Gasteiger partial charge in [0.25, 0.3) is 5.91 Å². The third-order valence-electron chi connectivity index (χ3n) is 5.40. The number of rotatable bonds is 4. The molecule has 1 saturated heterocycles. The number of imide groups is 1. The molecule has 2 aliphatic rings. The highest BCUT2D eigenvalue weighted by Crippen LogP contribution is 2.36. The second-order valence-electron chi connectivity index (χ2n) is 6.91. The van der Waals surface area contributed by atoms with E-state index >= 15 is 0 Å². The minimum absolute atomic E-state index is 0.153. The molecule has 1 fully saturated rings. The van der Waals surface area contributed by atoms with Gasteiger partial charge in [0, 0.05) is 17.7 Å². The van der Waals surface area contributed by atoms with Gasteiger partial charge in [-0.15, -0.1) is 0 Å². The topological polar surface area (TPSA) is 93.7 Å². The molecule has 144 valence electrons. The number of nitrogens with one attached hydrogen (secondary N) is 2. The van der Waals surface area contributed by atoms with Crippen LogP contribution in [0.3, 0.4) is 0 Å². The lowest BCUT2D eigenvalue weighted by atomic mass is 9.72. The van der Waals surface area contributed by atoms with Gasteiger partial charge in [0.2, 0.25) is 18.6 Å². The zero-order chi connectivity index (χ0) is 19.7. The highest BCUT2D eigenvalue weighted by atomic mass is 16.7. The van der Waals surface area contributed by atoms with Crippen molar-refractivity contribution >= 4 is 23.4 Å². The molecule has 0 aromatic heterocycles. The van der Waals surface area contributed by atoms with E-state index in [0.29, 0.717) is 42.0 Å². The van der Waals surface area contributed by atoms with E-state index in [1.807, 2.05) is 19.1 Å². The van der Waals surface area contributed by atoms with Crippen LogP contribution in [0.15, 0.2) is 42.5 Å². The summed E-state index contributed by atoms with van der Waals surface area (Å²) in [6.45, 7) is 2.09. The van der Waals surface area contributed by atoms with Crippen LogP contribution in [0.2, 0.25) is 0 Å². The Morgan fingerprint density at radius 1 is 1.11 bits per heavy atom. The number of amides is 3. The quantitative estimate of drug-likeness (QED) is 0.796. The Balaban J connectivity index is 1.51.